The van der Waals surface area contributed by atoms with Gasteiger partial charge in [-0.15, -0.1) is 0 Å². The molecule has 0 amide bonds. The van der Waals surface area contributed by atoms with Crippen LogP contribution in [0.15, 0.2) is 17.6 Å². The smallest absolute Gasteiger partial charge is 0.358 e. The number of nitro groups is 1. The summed E-state index contributed by atoms with van der Waals surface area (Å²) in [5.41, 5.74) is 0.950. The first-order chi connectivity index (χ1) is 9.06. The lowest BCUT2D eigenvalue weighted by Gasteiger charge is -1.98. The maximum absolute atomic E-state index is 11.1. The highest BCUT2D eigenvalue weighted by molar-refractivity contribution is 7.15. The van der Waals surface area contributed by atoms with E-state index in [0.717, 1.165) is 5.69 Å². The summed E-state index contributed by atoms with van der Waals surface area (Å²) in [7, 11) is 1.81. The molecule has 3 aromatic heterocycles. The molecule has 0 aliphatic rings. The Labute approximate surface area is 111 Å². The molecule has 1 N–H and O–H groups in total. The minimum atomic E-state index is -0.454. The van der Waals surface area contributed by atoms with Crippen molar-refractivity contribution < 1.29 is 4.92 Å². The van der Waals surface area contributed by atoms with Gasteiger partial charge >= 0.3 is 5.82 Å². The van der Waals surface area contributed by atoms with E-state index < -0.39 is 4.92 Å². The molecule has 0 radical (unpaired) electrons. The van der Waals surface area contributed by atoms with E-state index >= 15 is 0 Å². The third-order valence-electron chi connectivity index (χ3n) is 2.77. The van der Waals surface area contributed by atoms with Crippen molar-refractivity contribution in [2.45, 2.75) is 6.92 Å². The maximum Gasteiger partial charge on any atom is 0.373 e. The Hall–Kier alpha value is -2.42. The maximum atomic E-state index is 11.1. The average Bonchev–Trinajstić information content (AvgIpc) is 2.94. The molecule has 0 fully saturated rings. The lowest BCUT2D eigenvalue weighted by Crippen LogP contribution is -1.99. The number of nitrogens with one attached hydrogen (secondary N) is 1. The molecule has 0 bridgehead atoms. The predicted molar refractivity (Wildman–Crippen MR) is 71.0 cm³/mol. The van der Waals surface area contributed by atoms with Gasteiger partial charge in [0.15, 0.2) is 5.82 Å². The molecular formula is C10H10N6O2S. The molecule has 0 spiro atoms. The lowest BCUT2D eigenvalue weighted by molar-refractivity contribution is -0.389. The zero-order valence-corrected chi connectivity index (χ0v) is 11.0. The number of aryl methyl sites for hydroxylation is 2. The van der Waals surface area contributed by atoms with Crippen LogP contribution in [-0.4, -0.2) is 24.1 Å². The second-order valence-corrected chi connectivity index (χ2v) is 4.89. The fourth-order valence-corrected chi connectivity index (χ4v) is 2.48. The van der Waals surface area contributed by atoms with Crippen LogP contribution >= 0.6 is 11.3 Å². The van der Waals surface area contributed by atoms with Crippen molar-refractivity contribution in [2.24, 2.45) is 7.05 Å². The second kappa shape index (κ2) is 4.05. The van der Waals surface area contributed by atoms with Crippen molar-refractivity contribution in [3.05, 3.63) is 33.5 Å². The first-order valence-electron chi connectivity index (χ1n) is 5.44. The summed E-state index contributed by atoms with van der Waals surface area (Å²) in [6.07, 6.45) is 1.62. The lowest BCUT2D eigenvalue weighted by atomic mass is 10.4. The Balaban J connectivity index is 2.06. The van der Waals surface area contributed by atoms with Gasteiger partial charge in [0.1, 0.15) is 6.20 Å². The molecule has 3 heterocycles. The van der Waals surface area contributed by atoms with Crippen molar-refractivity contribution >= 4 is 33.8 Å². The van der Waals surface area contributed by atoms with Crippen LogP contribution in [0.2, 0.25) is 0 Å². The summed E-state index contributed by atoms with van der Waals surface area (Å²) in [6.45, 7) is 1.90. The van der Waals surface area contributed by atoms with E-state index in [1.54, 1.807) is 29.4 Å². The monoisotopic (exact) mass is 278 g/mol. The van der Waals surface area contributed by atoms with E-state index in [-0.39, 0.29) is 11.6 Å². The van der Waals surface area contributed by atoms with Crippen molar-refractivity contribution in [1.29, 1.82) is 0 Å². The molecule has 9 heteroatoms. The van der Waals surface area contributed by atoms with Gasteiger partial charge in [-0.05, 0) is 11.8 Å². The van der Waals surface area contributed by atoms with E-state index in [2.05, 4.69) is 15.4 Å². The number of rotatable bonds is 3. The van der Waals surface area contributed by atoms with Crippen LogP contribution in [0.1, 0.15) is 5.69 Å². The molecule has 3 aromatic rings. The number of hydrogen-bond donors (Lipinski definition) is 1. The Kier molecular flexibility index (Phi) is 2.49. The van der Waals surface area contributed by atoms with Crippen LogP contribution in [-0.2, 0) is 7.05 Å². The minimum Gasteiger partial charge on any atom is -0.358 e. The summed E-state index contributed by atoms with van der Waals surface area (Å²) in [4.78, 5) is 15.5. The molecule has 98 valence electrons. The molecule has 0 saturated carbocycles. The highest BCUT2D eigenvalue weighted by atomic mass is 32.1. The number of imidazole rings is 1. The van der Waals surface area contributed by atoms with E-state index in [1.165, 1.54) is 15.7 Å². The van der Waals surface area contributed by atoms with Crippen molar-refractivity contribution in [1.82, 2.24) is 19.2 Å². The van der Waals surface area contributed by atoms with E-state index in [0.29, 0.717) is 10.8 Å². The normalized spacial score (nSPS) is 11.1. The van der Waals surface area contributed by atoms with Crippen LogP contribution in [0, 0.1) is 17.0 Å². The van der Waals surface area contributed by atoms with Crippen molar-refractivity contribution in [3.8, 4) is 0 Å². The Morgan fingerprint density at radius 3 is 2.95 bits per heavy atom. The first kappa shape index (κ1) is 11.7. The van der Waals surface area contributed by atoms with Crippen LogP contribution in [0.4, 0.5) is 17.5 Å². The molecule has 0 unspecified atom stereocenters. The summed E-state index contributed by atoms with van der Waals surface area (Å²) in [5.74, 6) is 0.656. The quantitative estimate of drug-likeness (QED) is 0.585. The predicted octanol–water partition coefficient (Wildman–Crippen LogP) is 2.09. The molecule has 0 aliphatic heterocycles. The van der Waals surface area contributed by atoms with E-state index in [9.17, 15) is 10.1 Å². The SMILES string of the molecule is Cc1cc(Nc2nc3sccn3c2[N+](=O)[O-])nn1C. The first-order valence-corrected chi connectivity index (χ1v) is 6.32. The molecule has 19 heavy (non-hydrogen) atoms. The van der Waals surface area contributed by atoms with Crippen LogP contribution < -0.4 is 5.32 Å². The zero-order valence-electron chi connectivity index (χ0n) is 10.2. The largest absolute Gasteiger partial charge is 0.373 e. The Morgan fingerprint density at radius 1 is 1.53 bits per heavy atom. The van der Waals surface area contributed by atoms with Gasteiger partial charge in [-0.1, -0.05) is 11.3 Å². The summed E-state index contributed by atoms with van der Waals surface area (Å²) < 4.78 is 3.13. The van der Waals surface area contributed by atoms with Gasteiger partial charge < -0.3 is 15.4 Å². The molecular weight excluding hydrogens is 268 g/mol. The molecule has 0 atom stereocenters. The fraction of sp³-hybridized carbons (Fsp3) is 0.200. The molecule has 0 aliphatic carbocycles. The Morgan fingerprint density at radius 2 is 2.32 bits per heavy atom. The van der Waals surface area contributed by atoms with E-state index in [4.69, 9.17) is 0 Å². The van der Waals surface area contributed by atoms with Gasteiger partial charge in [-0.25, -0.2) is 0 Å². The van der Waals surface area contributed by atoms with Gasteiger partial charge in [0.25, 0.3) is 4.96 Å². The third kappa shape index (κ3) is 1.83. The Bertz CT molecular complexity index is 751. The molecule has 8 nitrogen and oxygen atoms in total. The number of fused-ring (bicyclic) bond motifs is 1. The van der Waals surface area contributed by atoms with Gasteiger partial charge in [0.05, 0.1) is 0 Å². The van der Waals surface area contributed by atoms with Crippen molar-refractivity contribution in [2.75, 3.05) is 5.32 Å². The fourth-order valence-electron chi connectivity index (χ4n) is 1.78. The number of anilines is 2. The molecule has 3 rings (SSSR count). The standard InChI is InChI=1S/C10H10N6O2S/c1-6-5-7(13-14(6)2)11-8-9(16(17)18)15-3-4-19-10(15)12-8/h3-5H,1-2H3,(H,11,13). The number of hydrogen-bond acceptors (Lipinski definition) is 6. The highest BCUT2D eigenvalue weighted by Crippen LogP contribution is 2.30. The third-order valence-corrected chi connectivity index (χ3v) is 3.53. The summed E-state index contributed by atoms with van der Waals surface area (Å²) in [6, 6.07) is 1.80. The number of aromatic nitrogens is 4. The minimum absolute atomic E-state index is 0.0837. The second-order valence-electron chi connectivity index (χ2n) is 4.02. The van der Waals surface area contributed by atoms with Crippen LogP contribution in [0.25, 0.3) is 4.96 Å². The topological polar surface area (TPSA) is 90.3 Å². The van der Waals surface area contributed by atoms with Crippen LogP contribution in [0.5, 0.6) is 0 Å². The van der Waals surface area contributed by atoms with Crippen molar-refractivity contribution in [3.63, 3.8) is 0 Å². The molecule has 0 saturated heterocycles. The van der Waals surface area contributed by atoms with Gasteiger partial charge in [0.2, 0.25) is 5.82 Å². The van der Waals surface area contributed by atoms with E-state index in [1.807, 2.05) is 6.92 Å². The number of nitrogens with zero attached hydrogens (tertiary/aromatic N) is 5. The van der Waals surface area contributed by atoms with Gasteiger partial charge in [0, 0.05) is 24.2 Å². The summed E-state index contributed by atoms with van der Waals surface area (Å²) in [5, 5.41) is 20.0. The highest BCUT2D eigenvalue weighted by Gasteiger charge is 2.24. The zero-order chi connectivity index (χ0) is 13.6. The molecule has 0 aromatic carbocycles. The van der Waals surface area contributed by atoms with Gasteiger partial charge in [-0.3, -0.25) is 4.68 Å². The van der Waals surface area contributed by atoms with Crippen LogP contribution in [0.3, 0.4) is 0 Å². The average molecular weight is 278 g/mol. The number of thiazole rings is 1. The van der Waals surface area contributed by atoms with Gasteiger partial charge in [-0.2, -0.15) is 14.5 Å². The summed E-state index contributed by atoms with van der Waals surface area (Å²) >= 11 is 1.34.